The summed E-state index contributed by atoms with van der Waals surface area (Å²) in [5.74, 6) is -0.104. The molecule has 1 amide bonds. The summed E-state index contributed by atoms with van der Waals surface area (Å²) in [5.41, 5.74) is 6.59. The highest BCUT2D eigenvalue weighted by atomic mass is 32.2. The average molecular weight is 293 g/mol. The van der Waals surface area contributed by atoms with E-state index < -0.39 is 0 Å². The summed E-state index contributed by atoms with van der Waals surface area (Å²) in [6.45, 7) is 0. The number of carbonyl (C=O) groups is 1. The maximum atomic E-state index is 12.2. The number of thioether (sulfide) groups is 1. The molecule has 1 aromatic rings. The maximum Gasteiger partial charge on any atom is 0.251 e. The van der Waals surface area contributed by atoms with Crippen LogP contribution >= 0.6 is 11.8 Å². The van der Waals surface area contributed by atoms with Crippen molar-refractivity contribution in [3.8, 4) is 0 Å². The van der Waals surface area contributed by atoms with E-state index in [1.807, 2.05) is 11.8 Å². The number of nitrogens with one attached hydrogen (secondary N) is 1. The lowest BCUT2D eigenvalue weighted by Gasteiger charge is -2.13. The number of benzene rings is 1. The number of amides is 1. The number of nitrogens with zero attached hydrogens (tertiary/aromatic N) is 1. The van der Waals surface area contributed by atoms with Crippen LogP contribution in [0.25, 0.3) is 0 Å². The van der Waals surface area contributed by atoms with Crippen molar-refractivity contribution in [2.24, 2.45) is 10.9 Å². The Morgan fingerprint density at radius 3 is 2.85 bits per heavy atom. The molecule has 2 rings (SSSR count). The highest BCUT2D eigenvalue weighted by Crippen LogP contribution is 2.28. The van der Waals surface area contributed by atoms with Crippen LogP contribution in [0.3, 0.4) is 0 Å². The fourth-order valence-corrected chi connectivity index (χ4v) is 3.23. The second-order valence-electron chi connectivity index (χ2n) is 4.91. The molecule has 0 radical (unpaired) electrons. The SMILES string of the molecule is CSC1CCC(NC(=O)c2cccc(/C(N)=N/O)c2)C1. The number of rotatable bonds is 4. The number of hydrogen-bond donors (Lipinski definition) is 3. The summed E-state index contributed by atoms with van der Waals surface area (Å²) < 4.78 is 0. The highest BCUT2D eigenvalue weighted by molar-refractivity contribution is 7.99. The van der Waals surface area contributed by atoms with Gasteiger partial charge in [0.2, 0.25) is 0 Å². The monoisotopic (exact) mass is 293 g/mol. The second kappa shape index (κ2) is 6.65. The van der Waals surface area contributed by atoms with Crippen molar-refractivity contribution < 1.29 is 10.0 Å². The summed E-state index contributed by atoms with van der Waals surface area (Å²) in [5, 5.41) is 15.3. The zero-order valence-corrected chi connectivity index (χ0v) is 12.2. The van der Waals surface area contributed by atoms with Crippen LogP contribution in [0.5, 0.6) is 0 Å². The van der Waals surface area contributed by atoms with Crippen LogP contribution in [0.15, 0.2) is 29.4 Å². The van der Waals surface area contributed by atoms with Crippen LogP contribution in [-0.2, 0) is 0 Å². The van der Waals surface area contributed by atoms with Crippen molar-refractivity contribution in [2.45, 2.75) is 30.6 Å². The molecule has 1 aromatic carbocycles. The molecular weight excluding hydrogens is 274 g/mol. The van der Waals surface area contributed by atoms with E-state index in [9.17, 15) is 4.79 Å². The van der Waals surface area contributed by atoms with Gasteiger partial charge in [0.15, 0.2) is 5.84 Å². The molecule has 0 spiro atoms. The van der Waals surface area contributed by atoms with Crippen molar-refractivity contribution in [1.29, 1.82) is 0 Å². The maximum absolute atomic E-state index is 12.2. The third-order valence-electron chi connectivity index (χ3n) is 3.58. The van der Waals surface area contributed by atoms with Gasteiger partial charge in [-0.05, 0) is 37.7 Å². The lowest BCUT2D eigenvalue weighted by atomic mass is 10.1. The molecule has 0 heterocycles. The molecule has 2 unspecified atom stereocenters. The van der Waals surface area contributed by atoms with Crippen LogP contribution in [0.2, 0.25) is 0 Å². The molecule has 4 N–H and O–H groups in total. The van der Waals surface area contributed by atoms with Crippen molar-refractivity contribution in [1.82, 2.24) is 5.32 Å². The Hall–Kier alpha value is -1.69. The van der Waals surface area contributed by atoms with Crippen molar-refractivity contribution in [3.63, 3.8) is 0 Å². The molecule has 20 heavy (non-hydrogen) atoms. The standard InChI is InChI=1S/C14H19N3O2S/c1-20-12-6-5-11(8-12)16-14(18)10-4-2-3-9(7-10)13(15)17-19/h2-4,7,11-12,19H,5-6,8H2,1H3,(H2,15,17)(H,16,18). The van der Waals surface area contributed by atoms with Gasteiger partial charge in [0.05, 0.1) is 0 Å². The van der Waals surface area contributed by atoms with Crippen LogP contribution in [0.1, 0.15) is 35.2 Å². The van der Waals surface area contributed by atoms with E-state index in [1.165, 1.54) is 0 Å². The molecule has 1 aliphatic carbocycles. The molecule has 108 valence electrons. The molecule has 1 aliphatic rings. The Kier molecular flexibility index (Phi) is 4.89. The zero-order chi connectivity index (χ0) is 14.5. The van der Waals surface area contributed by atoms with E-state index >= 15 is 0 Å². The molecule has 0 aliphatic heterocycles. The van der Waals surface area contributed by atoms with Gasteiger partial charge in [-0.15, -0.1) is 0 Å². The Morgan fingerprint density at radius 1 is 1.45 bits per heavy atom. The summed E-state index contributed by atoms with van der Waals surface area (Å²) in [6, 6.07) is 7.02. The Morgan fingerprint density at radius 2 is 2.20 bits per heavy atom. The van der Waals surface area contributed by atoms with Gasteiger partial charge in [-0.1, -0.05) is 17.3 Å². The summed E-state index contributed by atoms with van der Waals surface area (Å²) in [7, 11) is 0. The first-order valence-corrected chi connectivity index (χ1v) is 7.84. The first kappa shape index (κ1) is 14.7. The summed E-state index contributed by atoms with van der Waals surface area (Å²) >= 11 is 1.86. The van der Waals surface area contributed by atoms with Crippen molar-refractivity contribution >= 4 is 23.5 Å². The Bertz CT molecular complexity index is 519. The second-order valence-corrected chi connectivity index (χ2v) is 6.05. The van der Waals surface area contributed by atoms with Gasteiger partial charge in [-0.2, -0.15) is 11.8 Å². The quantitative estimate of drug-likeness (QED) is 0.342. The number of amidine groups is 1. The van der Waals surface area contributed by atoms with Crippen molar-refractivity contribution in [3.05, 3.63) is 35.4 Å². The molecule has 0 bridgehead atoms. The van der Waals surface area contributed by atoms with Gasteiger partial charge >= 0.3 is 0 Å². The fraction of sp³-hybridized carbons (Fsp3) is 0.429. The number of carbonyl (C=O) groups excluding carboxylic acids is 1. The minimum atomic E-state index is -0.107. The van der Waals surface area contributed by atoms with Gasteiger partial charge in [0.25, 0.3) is 5.91 Å². The fourth-order valence-electron chi connectivity index (χ4n) is 2.43. The topological polar surface area (TPSA) is 87.7 Å². The van der Waals surface area contributed by atoms with E-state index in [-0.39, 0.29) is 17.8 Å². The highest BCUT2D eigenvalue weighted by Gasteiger charge is 2.25. The molecule has 6 heteroatoms. The Balaban J connectivity index is 2.03. The predicted molar refractivity (Wildman–Crippen MR) is 81.4 cm³/mol. The molecule has 1 fully saturated rings. The summed E-state index contributed by atoms with van der Waals surface area (Å²) in [4.78, 5) is 12.2. The molecule has 2 atom stereocenters. The Labute approximate surface area is 122 Å². The van der Waals surface area contributed by atoms with E-state index in [0.717, 1.165) is 19.3 Å². The molecule has 5 nitrogen and oxygen atoms in total. The van der Waals surface area contributed by atoms with Crippen LogP contribution in [0.4, 0.5) is 0 Å². The molecule has 0 aromatic heterocycles. The van der Waals surface area contributed by atoms with Crippen LogP contribution in [-0.4, -0.2) is 34.5 Å². The molecule has 0 saturated heterocycles. The number of oxime groups is 1. The van der Waals surface area contributed by atoms with Gasteiger partial charge in [-0.3, -0.25) is 4.79 Å². The summed E-state index contributed by atoms with van der Waals surface area (Å²) in [6.07, 6.45) is 5.30. The average Bonchev–Trinajstić information content (AvgIpc) is 2.94. The first-order chi connectivity index (χ1) is 9.63. The smallest absolute Gasteiger partial charge is 0.251 e. The van der Waals surface area contributed by atoms with Gasteiger partial charge < -0.3 is 16.3 Å². The van der Waals surface area contributed by atoms with Crippen LogP contribution in [0, 0.1) is 0 Å². The zero-order valence-electron chi connectivity index (χ0n) is 11.4. The minimum absolute atomic E-state index is 0.00274. The molecule has 1 saturated carbocycles. The third-order valence-corrected chi connectivity index (χ3v) is 4.68. The van der Waals surface area contributed by atoms with Crippen LogP contribution < -0.4 is 11.1 Å². The normalized spacial score (nSPS) is 22.8. The van der Waals surface area contributed by atoms with Crippen molar-refractivity contribution in [2.75, 3.05) is 6.26 Å². The van der Waals surface area contributed by atoms with Gasteiger partial charge in [0.1, 0.15) is 0 Å². The third kappa shape index (κ3) is 3.45. The first-order valence-electron chi connectivity index (χ1n) is 6.55. The number of nitrogens with two attached hydrogens (primary N) is 1. The van der Waals surface area contributed by atoms with E-state index in [4.69, 9.17) is 10.9 Å². The number of hydrogen-bond acceptors (Lipinski definition) is 4. The van der Waals surface area contributed by atoms with E-state index in [0.29, 0.717) is 16.4 Å². The minimum Gasteiger partial charge on any atom is -0.409 e. The van der Waals surface area contributed by atoms with E-state index in [2.05, 4.69) is 16.7 Å². The lowest BCUT2D eigenvalue weighted by molar-refractivity contribution is 0.0938. The molecular formula is C14H19N3O2S. The largest absolute Gasteiger partial charge is 0.409 e. The van der Waals surface area contributed by atoms with Gasteiger partial charge in [0, 0.05) is 22.4 Å². The van der Waals surface area contributed by atoms with E-state index in [1.54, 1.807) is 24.3 Å². The lowest BCUT2D eigenvalue weighted by Crippen LogP contribution is -2.33. The van der Waals surface area contributed by atoms with Gasteiger partial charge in [-0.25, -0.2) is 0 Å². The predicted octanol–water partition coefficient (Wildman–Crippen LogP) is 1.79.